The normalized spacial score (nSPS) is 24.1. The Hall–Kier alpha value is -2.36. The summed E-state index contributed by atoms with van der Waals surface area (Å²) in [5, 5.41) is 28.7. The van der Waals surface area contributed by atoms with Crippen LogP contribution in [0.15, 0.2) is 6.20 Å². The van der Waals surface area contributed by atoms with Crippen molar-refractivity contribution in [3.8, 4) is 0 Å². The lowest BCUT2D eigenvalue weighted by Gasteiger charge is -2.29. The van der Waals surface area contributed by atoms with E-state index in [1.165, 1.54) is 10.9 Å². The van der Waals surface area contributed by atoms with E-state index in [4.69, 9.17) is 4.74 Å². The van der Waals surface area contributed by atoms with E-state index in [-0.39, 0.29) is 18.3 Å². The molecule has 146 valence electrons. The van der Waals surface area contributed by atoms with Crippen molar-refractivity contribution in [1.82, 2.24) is 15.1 Å². The van der Waals surface area contributed by atoms with Crippen molar-refractivity contribution in [3.63, 3.8) is 0 Å². The number of aromatic nitrogens is 2. The van der Waals surface area contributed by atoms with Gasteiger partial charge in [0, 0.05) is 26.2 Å². The summed E-state index contributed by atoms with van der Waals surface area (Å²) in [6.07, 6.45) is 1.48. The van der Waals surface area contributed by atoms with Crippen LogP contribution in [0.1, 0.15) is 40.5 Å². The number of nitrogens with one attached hydrogen (secondary N) is 1. The fourth-order valence-corrected chi connectivity index (χ4v) is 3.19. The van der Waals surface area contributed by atoms with E-state index in [9.17, 15) is 20.0 Å². The first-order valence-electron chi connectivity index (χ1n) is 8.51. The molecule has 2 N–H and O–H groups in total. The molecule has 0 aromatic carbocycles. The third-order valence-corrected chi connectivity index (χ3v) is 4.07. The number of aryl methyl sites for hydroxylation is 1. The van der Waals surface area contributed by atoms with Crippen LogP contribution in [0.5, 0.6) is 0 Å². The lowest BCUT2D eigenvalue weighted by molar-refractivity contribution is -0.384. The number of hydrogen-bond donors (Lipinski definition) is 2. The Morgan fingerprint density at radius 1 is 1.54 bits per heavy atom. The van der Waals surface area contributed by atoms with Crippen molar-refractivity contribution in [3.05, 3.63) is 16.3 Å². The van der Waals surface area contributed by atoms with Crippen molar-refractivity contribution >= 4 is 17.6 Å². The highest BCUT2D eigenvalue weighted by Gasteiger charge is 2.36. The number of ether oxygens (including phenoxy) is 1. The minimum Gasteiger partial charge on any atom is -0.444 e. The van der Waals surface area contributed by atoms with Gasteiger partial charge in [-0.3, -0.25) is 10.1 Å². The number of carbonyl (C=O) groups is 1. The van der Waals surface area contributed by atoms with Gasteiger partial charge in [0.05, 0.1) is 10.5 Å². The Kier molecular flexibility index (Phi) is 5.45. The van der Waals surface area contributed by atoms with E-state index >= 15 is 0 Å². The summed E-state index contributed by atoms with van der Waals surface area (Å²) >= 11 is 0. The maximum Gasteiger partial charge on any atom is 0.407 e. The molecule has 1 aromatic heterocycles. The second kappa shape index (κ2) is 7.10. The SMILES string of the molecule is Cn1ncc([N+](=O)[O-])c1N1CC[C@@H](NC(=O)OC(C)(C)C)C[C@](C)(O)C1. The van der Waals surface area contributed by atoms with Crippen LogP contribution in [-0.2, 0) is 11.8 Å². The van der Waals surface area contributed by atoms with Crippen molar-refractivity contribution in [2.24, 2.45) is 7.05 Å². The average molecular weight is 369 g/mol. The Balaban J connectivity index is 2.16. The van der Waals surface area contributed by atoms with Gasteiger partial charge in [-0.1, -0.05) is 0 Å². The number of rotatable bonds is 3. The number of carbonyl (C=O) groups excluding carboxylic acids is 1. The molecule has 1 fully saturated rings. The molecule has 2 rings (SSSR count). The van der Waals surface area contributed by atoms with Gasteiger partial charge >= 0.3 is 11.8 Å². The molecule has 0 unspecified atom stereocenters. The Labute approximate surface area is 152 Å². The second-order valence-corrected chi connectivity index (χ2v) is 7.99. The van der Waals surface area contributed by atoms with Crippen molar-refractivity contribution in [2.75, 3.05) is 18.0 Å². The molecule has 1 saturated heterocycles. The van der Waals surface area contributed by atoms with Crippen molar-refractivity contribution in [2.45, 2.75) is 57.8 Å². The topological polar surface area (TPSA) is 123 Å². The van der Waals surface area contributed by atoms with Gasteiger partial charge in [0.2, 0.25) is 5.82 Å². The lowest BCUT2D eigenvalue weighted by atomic mass is 9.97. The molecule has 10 heteroatoms. The third-order valence-electron chi connectivity index (χ3n) is 4.07. The maximum absolute atomic E-state index is 12.0. The van der Waals surface area contributed by atoms with Gasteiger partial charge in [-0.15, -0.1) is 0 Å². The van der Waals surface area contributed by atoms with Gasteiger partial charge in [0.15, 0.2) is 0 Å². The molecular weight excluding hydrogens is 342 g/mol. The number of aliphatic hydroxyl groups is 1. The van der Waals surface area contributed by atoms with Crippen molar-refractivity contribution in [1.29, 1.82) is 0 Å². The van der Waals surface area contributed by atoms with Crippen LogP contribution in [0.3, 0.4) is 0 Å². The Bertz CT molecular complexity index is 679. The highest BCUT2D eigenvalue weighted by atomic mass is 16.6. The highest BCUT2D eigenvalue weighted by molar-refractivity contribution is 5.68. The summed E-state index contributed by atoms with van der Waals surface area (Å²) in [5.74, 6) is 0.341. The van der Waals surface area contributed by atoms with Gasteiger partial charge in [-0.05, 0) is 40.5 Å². The number of nitrogens with zero attached hydrogens (tertiary/aromatic N) is 4. The largest absolute Gasteiger partial charge is 0.444 e. The summed E-state index contributed by atoms with van der Waals surface area (Å²) in [6, 6.07) is -0.308. The summed E-state index contributed by atoms with van der Waals surface area (Å²) in [6.45, 7) is 7.60. The Morgan fingerprint density at radius 2 is 2.19 bits per heavy atom. The molecule has 2 atom stereocenters. The van der Waals surface area contributed by atoms with Gasteiger partial charge in [-0.25, -0.2) is 9.48 Å². The number of β-amino-alcohol motifs (C(OH)–C–C–N with tert-alkyl or cyclic N) is 1. The second-order valence-electron chi connectivity index (χ2n) is 7.99. The summed E-state index contributed by atoms with van der Waals surface area (Å²) in [5.41, 5.74) is -1.87. The maximum atomic E-state index is 12.0. The Morgan fingerprint density at radius 3 is 2.77 bits per heavy atom. The lowest BCUT2D eigenvalue weighted by Crippen LogP contribution is -2.44. The molecule has 0 radical (unpaired) electrons. The number of hydrogen-bond acceptors (Lipinski definition) is 7. The van der Waals surface area contributed by atoms with Crippen LogP contribution in [0, 0.1) is 10.1 Å². The zero-order valence-electron chi connectivity index (χ0n) is 15.9. The number of nitro groups is 1. The van der Waals surface area contributed by atoms with E-state index in [0.717, 1.165) is 0 Å². The zero-order valence-corrected chi connectivity index (χ0v) is 15.9. The first kappa shape index (κ1) is 20.0. The van der Waals surface area contributed by atoms with Crippen LogP contribution < -0.4 is 10.2 Å². The van der Waals surface area contributed by atoms with Crippen LogP contribution in [0.25, 0.3) is 0 Å². The smallest absolute Gasteiger partial charge is 0.407 e. The molecule has 2 heterocycles. The van der Waals surface area contributed by atoms with Gasteiger partial charge < -0.3 is 20.1 Å². The molecular formula is C16H27N5O5. The van der Waals surface area contributed by atoms with E-state index in [1.54, 1.807) is 39.6 Å². The quantitative estimate of drug-likeness (QED) is 0.612. The number of anilines is 1. The standard InChI is InChI=1S/C16H27N5O5/c1-15(2,3)26-14(22)18-11-6-7-20(10-16(4,23)8-11)13-12(21(24)25)9-17-19(13)5/h9,11,23H,6-8,10H2,1-5H3,(H,18,22)/t11-,16+/m1/s1. The van der Waals surface area contributed by atoms with E-state index in [2.05, 4.69) is 10.4 Å². The third kappa shape index (κ3) is 5.07. The summed E-state index contributed by atoms with van der Waals surface area (Å²) in [4.78, 5) is 24.5. The molecule has 10 nitrogen and oxygen atoms in total. The van der Waals surface area contributed by atoms with Crippen LogP contribution in [-0.4, -0.2) is 56.2 Å². The minimum atomic E-state index is -1.14. The molecule has 1 aliphatic rings. The van der Waals surface area contributed by atoms with Crippen LogP contribution in [0.4, 0.5) is 16.3 Å². The molecule has 1 aromatic rings. The molecule has 0 spiro atoms. The molecule has 0 saturated carbocycles. The number of amides is 1. The predicted molar refractivity (Wildman–Crippen MR) is 95.1 cm³/mol. The molecule has 1 aliphatic heterocycles. The first-order chi connectivity index (χ1) is 11.9. The molecule has 0 aliphatic carbocycles. The van der Waals surface area contributed by atoms with Crippen molar-refractivity contribution < 1.29 is 19.6 Å². The predicted octanol–water partition coefficient (Wildman–Crippen LogP) is 1.57. The number of alkyl carbamates (subject to hydrolysis) is 1. The van der Waals surface area contributed by atoms with Gasteiger partial charge in [0.25, 0.3) is 0 Å². The first-order valence-corrected chi connectivity index (χ1v) is 8.51. The molecule has 0 bridgehead atoms. The minimum absolute atomic E-state index is 0.109. The van der Waals surface area contributed by atoms with Crippen LogP contribution >= 0.6 is 0 Å². The fourth-order valence-electron chi connectivity index (χ4n) is 3.19. The van der Waals surface area contributed by atoms with Crippen LogP contribution in [0.2, 0.25) is 0 Å². The van der Waals surface area contributed by atoms with E-state index in [0.29, 0.717) is 25.2 Å². The van der Waals surface area contributed by atoms with Gasteiger partial charge in [0.1, 0.15) is 11.8 Å². The van der Waals surface area contributed by atoms with E-state index in [1.807, 2.05) is 0 Å². The highest BCUT2D eigenvalue weighted by Crippen LogP contribution is 2.31. The van der Waals surface area contributed by atoms with Gasteiger partial charge in [-0.2, -0.15) is 5.10 Å². The average Bonchev–Trinajstić information content (AvgIpc) is 2.75. The summed E-state index contributed by atoms with van der Waals surface area (Å²) < 4.78 is 6.70. The summed E-state index contributed by atoms with van der Waals surface area (Å²) in [7, 11) is 1.62. The molecule has 26 heavy (non-hydrogen) atoms. The monoisotopic (exact) mass is 369 g/mol. The fraction of sp³-hybridized carbons (Fsp3) is 0.750. The zero-order chi connectivity index (χ0) is 19.7. The van der Waals surface area contributed by atoms with E-state index < -0.39 is 22.2 Å². The molecule has 1 amide bonds.